The van der Waals surface area contributed by atoms with Crippen molar-refractivity contribution < 1.29 is 0 Å². The van der Waals surface area contributed by atoms with Gasteiger partial charge in [-0.2, -0.15) is 5.10 Å². The molecule has 4 aromatic heterocycles. The van der Waals surface area contributed by atoms with Crippen LogP contribution in [0.15, 0.2) is 30.7 Å². The molecular weight excluding hydrogens is 366 g/mol. The van der Waals surface area contributed by atoms with Crippen molar-refractivity contribution in [2.24, 2.45) is 7.05 Å². The second kappa shape index (κ2) is 6.91. The second-order valence-electron chi connectivity index (χ2n) is 7.63. The molecule has 9 nitrogen and oxygen atoms in total. The smallest absolute Gasteiger partial charge is 0.164 e. The maximum atomic E-state index is 4.94. The van der Waals surface area contributed by atoms with E-state index in [9.17, 15) is 0 Å². The minimum absolute atomic E-state index is 0.352. The fraction of sp³-hybridized carbons (Fsp3) is 0.400. The number of aromatic nitrogens is 8. The highest BCUT2D eigenvalue weighted by molar-refractivity contribution is 5.88. The lowest BCUT2D eigenvalue weighted by Crippen LogP contribution is -2.28. The van der Waals surface area contributed by atoms with Gasteiger partial charge in [-0.05, 0) is 12.1 Å². The maximum Gasteiger partial charge on any atom is 0.164 e. The number of pyridine rings is 1. The van der Waals surface area contributed by atoms with Gasteiger partial charge in [-0.25, -0.2) is 9.97 Å². The zero-order valence-electron chi connectivity index (χ0n) is 16.8. The van der Waals surface area contributed by atoms with Crippen LogP contribution in [0, 0.1) is 0 Å². The van der Waals surface area contributed by atoms with E-state index in [1.54, 1.807) is 17.1 Å². The van der Waals surface area contributed by atoms with Crippen LogP contribution in [0.3, 0.4) is 0 Å². The Morgan fingerprint density at radius 1 is 1.00 bits per heavy atom. The van der Waals surface area contributed by atoms with Crippen molar-refractivity contribution in [3.05, 3.63) is 42.4 Å². The molecule has 0 atom stereocenters. The molecule has 1 aliphatic rings. The van der Waals surface area contributed by atoms with Crippen LogP contribution < -0.4 is 4.90 Å². The van der Waals surface area contributed by atoms with Gasteiger partial charge in [-0.3, -0.25) is 9.67 Å². The highest BCUT2D eigenvalue weighted by atomic mass is 15.3. The van der Waals surface area contributed by atoms with E-state index in [-0.39, 0.29) is 0 Å². The SMILES string of the molecule is CC(C)c1nnc2n1CCN(c1nc(-c3ccncc3)nc3c1cnn3C)CC2. The summed E-state index contributed by atoms with van der Waals surface area (Å²) in [4.78, 5) is 16.1. The molecule has 9 heteroatoms. The number of fused-ring (bicyclic) bond motifs is 2. The van der Waals surface area contributed by atoms with Crippen molar-refractivity contribution >= 4 is 16.9 Å². The van der Waals surface area contributed by atoms with Gasteiger partial charge in [0.15, 0.2) is 11.5 Å². The Bertz CT molecular complexity index is 1160. The van der Waals surface area contributed by atoms with Gasteiger partial charge in [-0.1, -0.05) is 13.8 Å². The zero-order chi connectivity index (χ0) is 20.0. The Morgan fingerprint density at radius 3 is 2.62 bits per heavy atom. The number of anilines is 1. The third-order valence-corrected chi connectivity index (χ3v) is 5.38. The van der Waals surface area contributed by atoms with Crippen LogP contribution in [0.4, 0.5) is 5.82 Å². The van der Waals surface area contributed by atoms with Crippen molar-refractivity contribution in [3.63, 3.8) is 0 Å². The monoisotopic (exact) mass is 389 g/mol. The van der Waals surface area contributed by atoms with Crippen LogP contribution in [0.2, 0.25) is 0 Å². The summed E-state index contributed by atoms with van der Waals surface area (Å²) < 4.78 is 4.06. The number of nitrogens with zero attached hydrogens (tertiary/aromatic N) is 9. The first-order valence-corrected chi connectivity index (χ1v) is 9.89. The van der Waals surface area contributed by atoms with Gasteiger partial charge in [0, 0.05) is 57.0 Å². The molecule has 0 fully saturated rings. The summed E-state index contributed by atoms with van der Waals surface area (Å²) in [5.74, 6) is 4.05. The summed E-state index contributed by atoms with van der Waals surface area (Å²) in [6.45, 7) is 6.82. The van der Waals surface area contributed by atoms with E-state index in [4.69, 9.17) is 9.97 Å². The van der Waals surface area contributed by atoms with E-state index in [1.807, 2.05) is 25.4 Å². The minimum Gasteiger partial charge on any atom is -0.354 e. The number of hydrogen-bond acceptors (Lipinski definition) is 7. The van der Waals surface area contributed by atoms with E-state index < -0.39 is 0 Å². The van der Waals surface area contributed by atoms with Gasteiger partial charge >= 0.3 is 0 Å². The molecule has 0 aromatic carbocycles. The fourth-order valence-electron chi connectivity index (χ4n) is 3.86. The lowest BCUT2D eigenvalue weighted by atomic mass is 10.2. The summed E-state index contributed by atoms with van der Waals surface area (Å²) in [6.07, 6.45) is 6.20. The molecule has 0 saturated heterocycles. The van der Waals surface area contributed by atoms with Crippen LogP contribution in [-0.4, -0.2) is 52.6 Å². The molecule has 4 aromatic rings. The Morgan fingerprint density at radius 2 is 1.83 bits per heavy atom. The van der Waals surface area contributed by atoms with Gasteiger partial charge in [-0.15, -0.1) is 10.2 Å². The minimum atomic E-state index is 0.352. The molecule has 0 aliphatic carbocycles. The highest BCUT2D eigenvalue weighted by Gasteiger charge is 2.23. The van der Waals surface area contributed by atoms with Gasteiger partial charge in [0.1, 0.15) is 17.5 Å². The van der Waals surface area contributed by atoms with Crippen LogP contribution in [0.1, 0.15) is 31.4 Å². The van der Waals surface area contributed by atoms with E-state index >= 15 is 0 Å². The quantitative estimate of drug-likeness (QED) is 0.530. The Labute approximate surface area is 168 Å². The second-order valence-corrected chi connectivity index (χ2v) is 7.63. The summed E-state index contributed by atoms with van der Waals surface area (Å²) in [6, 6.07) is 3.86. The lowest BCUT2D eigenvalue weighted by Gasteiger charge is -2.22. The molecule has 0 bridgehead atoms. The summed E-state index contributed by atoms with van der Waals surface area (Å²) in [5.41, 5.74) is 1.77. The van der Waals surface area contributed by atoms with Gasteiger partial charge in [0.2, 0.25) is 0 Å². The first-order valence-electron chi connectivity index (χ1n) is 9.89. The van der Waals surface area contributed by atoms with Gasteiger partial charge in [0.05, 0.1) is 11.6 Å². The third kappa shape index (κ3) is 3.02. The average Bonchev–Trinajstić information content (AvgIpc) is 3.26. The first-order chi connectivity index (χ1) is 14.1. The van der Waals surface area contributed by atoms with Gasteiger partial charge < -0.3 is 9.47 Å². The largest absolute Gasteiger partial charge is 0.354 e. The Balaban J connectivity index is 1.56. The van der Waals surface area contributed by atoms with Crippen molar-refractivity contribution in [1.29, 1.82) is 0 Å². The molecule has 0 amide bonds. The van der Waals surface area contributed by atoms with Gasteiger partial charge in [0.25, 0.3) is 0 Å². The molecule has 0 saturated carbocycles. The van der Waals surface area contributed by atoms with E-state index in [1.165, 1.54) is 0 Å². The fourth-order valence-corrected chi connectivity index (χ4v) is 3.86. The summed E-state index contributed by atoms with van der Waals surface area (Å²) in [5, 5.41) is 14.2. The Kier molecular flexibility index (Phi) is 4.22. The lowest BCUT2D eigenvalue weighted by molar-refractivity contribution is 0.617. The summed E-state index contributed by atoms with van der Waals surface area (Å²) >= 11 is 0. The zero-order valence-corrected chi connectivity index (χ0v) is 16.8. The van der Waals surface area contributed by atoms with Crippen LogP contribution in [0.5, 0.6) is 0 Å². The van der Waals surface area contributed by atoms with Crippen molar-refractivity contribution in [3.8, 4) is 11.4 Å². The average molecular weight is 389 g/mol. The molecule has 5 rings (SSSR count). The van der Waals surface area contributed by atoms with Crippen LogP contribution in [0.25, 0.3) is 22.4 Å². The molecule has 148 valence electrons. The predicted octanol–water partition coefficient (Wildman–Crippen LogP) is 2.20. The molecule has 1 aliphatic heterocycles. The van der Waals surface area contributed by atoms with Crippen molar-refractivity contribution in [2.45, 2.75) is 32.7 Å². The van der Waals surface area contributed by atoms with Crippen molar-refractivity contribution in [2.75, 3.05) is 18.0 Å². The topological polar surface area (TPSA) is 90.4 Å². The predicted molar refractivity (Wildman–Crippen MR) is 110 cm³/mol. The normalized spacial score (nSPS) is 14.4. The third-order valence-electron chi connectivity index (χ3n) is 5.38. The van der Waals surface area contributed by atoms with Crippen LogP contribution in [-0.2, 0) is 20.0 Å². The summed E-state index contributed by atoms with van der Waals surface area (Å²) in [7, 11) is 1.91. The Hall–Kier alpha value is -3.36. The standard InChI is InChI=1S/C20H23N9/c1-13(2)18-26-25-16-6-9-28(10-11-29(16)18)20-15-12-22-27(3)19(15)23-17(24-20)14-4-7-21-8-5-14/h4-5,7-8,12-13H,6,9-11H2,1-3H3. The van der Waals surface area contributed by atoms with Crippen molar-refractivity contribution in [1.82, 2.24) is 39.5 Å². The van der Waals surface area contributed by atoms with E-state index in [2.05, 4.69) is 43.6 Å². The molecule has 0 spiro atoms. The molecule has 5 heterocycles. The number of aryl methyl sites for hydroxylation is 1. The maximum absolute atomic E-state index is 4.94. The molecular formula is C20H23N9. The molecule has 29 heavy (non-hydrogen) atoms. The number of rotatable bonds is 3. The number of hydrogen-bond donors (Lipinski definition) is 0. The van der Waals surface area contributed by atoms with Crippen LogP contribution >= 0.6 is 0 Å². The first kappa shape index (κ1) is 17.7. The molecule has 0 unspecified atom stereocenters. The molecule has 0 N–H and O–H groups in total. The highest BCUT2D eigenvalue weighted by Crippen LogP contribution is 2.28. The molecule has 0 radical (unpaired) electrons. The van der Waals surface area contributed by atoms with E-state index in [0.29, 0.717) is 11.7 Å². The van der Waals surface area contributed by atoms with E-state index in [0.717, 1.165) is 60.1 Å².